The van der Waals surface area contributed by atoms with Gasteiger partial charge in [0.1, 0.15) is 12.6 Å². The number of aliphatic hydroxyl groups is 1. The molecule has 2 N–H and O–H groups in total. The van der Waals surface area contributed by atoms with Crippen molar-refractivity contribution in [2.75, 3.05) is 26.2 Å². The van der Waals surface area contributed by atoms with E-state index < -0.39 is 6.10 Å². The van der Waals surface area contributed by atoms with Crippen LogP contribution in [-0.2, 0) is 17.9 Å². The van der Waals surface area contributed by atoms with E-state index in [9.17, 15) is 9.90 Å². The van der Waals surface area contributed by atoms with Crippen LogP contribution in [0.4, 0.5) is 0 Å². The zero-order chi connectivity index (χ0) is 17.9. The largest absolute Gasteiger partial charge is 0.385 e. The molecule has 4 rings (SSSR count). The Hall–Kier alpha value is -1.95. The normalized spacial score (nSPS) is 25.5. The second-order valence-electron chi connectivity index (χ2n) is 7.72. The molecule has 0 radical (unpaired) electrons. The number of aliphatic hydroxyl groups excluding tert-OH is 1. The summed E-state index contributed by atoms with van der Waals surface area (Å²) in [5.74, 6) is 0.942. The van der Waals surface area contributed by atoms with Crippen molar-refractivity contribution in [2.24, 2.45) is 5.92 Å². The van der Waals surface area contributed by atoms with Crippen LogP contribution >= 0.6 is 0 Å². The summed E-state index contributed by atoms with van der Waals surface area (Å²) in [6.45, 7) is 4.43. The molecule has 1 saturated heterocycles. The molecule has 2 aliphatic heterocycles. The highest BCUT2D eigenvalue weighted by Gasteiger charge is 2.37. The summed E-state index contributed by atoms with van der Waals surface area (Å²) in [7, 11) is 0. The van der Waals surface area contributed by atoms with Gasteiger partial charge in [-0.3, -0.25) is 4.79 Å². The Labute approximate surface area is 153 Å². The Morgan fingerprint density at radius 2 is 2.00 bits per heavy atom. The summed E-state index contributed by atoms with van der Waals surface area (Å²) in [5, 5.41) is 10.4. The third kappa shape index (κ3) is 3.90. The maximum Gasteiger partial charge on any atom is 0.250 e. The smallest absolute Gasteiger partial charge is 0.250 e. The molecule has 26 heavy (non-hydrogen) atoms. The summed E-state index contributed by atoms with van der Waals surface area (Å²) in [6.07, 6.45) is 0.707. The maximum atomic E-state index is 12.1. The van der Waals surface area contributed by atoms with Crippen molar-refractivity contribution in [1.29, 1.82) is 0 Å². The minimum Gasteiger partial charge on any atom is -0.385 e. The summed E-state index contributed by atoms with van der Waals surface area (Å²) in [6, 6.07) is 15.7. The number of rotatable bonds is 6. The minimum absolute atomic E-state index is 0.120. The van der Waals surface area contributed by atoms with E-state index in [4.69, 9.17) is 4.74 Å². The summed E-state index contributed by atoms with van der Waals surface area (Å²) in [5.41, 5.74) is 2.41. The zero-order valence-electron chi connectivity index (χ0n) is 15.0. The van der Waals surface area contributed by atoms with E-state index >= 15 is 0 Å². The lowest BCUT2D eigenvalue weighted by Crippen LogP contribution is -3.15. The van der Waals surface area contributed by atoms with E-state index in [1.165, 1.54) is 10.6 Å². The Kier molecular flexibility index (Phi) is 5.20. The van der Waals surface area contributed by atoms with Gasteiger partial charge in [0.25, 0.3) is 5.56 Å². The van der Waals surface area contributed by atoms with E-state index in [1.807, 2.05) is 41.0 Å². The van der Waals surface area contributed by atoms with Gasteiger partial charge in [-0.15, -0.1) is 0 Å². The molecule has 2 aromatic rings. The highest BCUT2D eigenvalue weighted by molar-refractivity contribution is 5.15. The lowest BCUT2D eigenvalue weighted by Gasteiger charge is -2.40. The lowest BCUT2D eigenvalue weighted by atomic mass is 9.83. The van der Waals surface area contributed by atoms with Gasteiger partial charge in [-0.1, -0.05) is 36.4 Å². The quantitative estimate of drug-likeness (QED) is 0.790. The molecule has 0 amide bonds. The standard InChI is InChI=1S/C21H26N2O3/c24-19(15-26-14-16-5-2-1-3-6-16)13-22-10-17-9-18(12-22)20-7-4-8-21(25)23(20)11-17/h1-8,17-19,24H,9-15H2/p+1/t17-,18+,19?/m0/s1. The highest BCUT2D eigenvalue weighted by Crippen LogP contribution is 2.29. The molecule has 1 aromatic carbocycles. The van der Waals surface area contributed by atoms with Crippen LogP contribution in [0.15, 0.2) is 53.3 Å². The number of ether oxygens (including phenoxy) is 1. The van der Waals surface area contributed by atoms with Crippen LogP contribution in [0.2, 0.25) is 0 Å². The van der Waals surface area contributed by atoms with Gasteiger partial charge < -0.3 is 19.3 Å². The van der Waals surface area contributed by atoms with Crippen molar-refractivity contribution in [3.8, 4) is 0 Å². The predicted octanol–water partition coefficient (Wildman–Crippen LogP) is 0.428. The van der Waals surface area contributed by atoms with Gasteiger partial charge in [0, 0.05) is 30.1 Å². The molecule has 3 heterocycles. The Bertz CT molecular complexity index is 789. The Morgan fingerprint density at radius 3 is 2.85 bits per heavy atom. The Balaban J connectivity index is 1.30. The van der Waals surface area contributed by atoms with E-state index in [-0.39, 0.29) is 5.56 Å². The van der Waals surface area contributed by atoms with Crippen LogP contribution in [0.25, 0.3) is 0 Å². The van der Waals surface area contributed by atoms with Crippen molar-refractivity contribution in [1.82, 2.24) is 4.57 Å². The topological polar surface area (TPSA) is 55.9 Å². The predicted molar refractivity (Wildman–Crippen MR) is 99.2 cm³/mol. The number of nitrogens with one attached hydrogen (secondary N) is 1. The first kappa shape index (κ1) is 17.5. The second-order valence-corrected chi connectivity index (χ2v) is 7.72. The van der Waals surface area contributed by atoms with Gasteiger partial charge >= 0.3 is 0 Å². The molecule has 2 unspecified atom stereocenters. The monoisotopic (exact) mass is 355 g/mol. The number of fused-ring (bicyclic) bond motifs is 4. The minimum atomic E-state index is -0.453. The van der Waals surface area contributed by atoms with Gasteiger partial charge in [0.2, 0.25) is 0 Å². The fourth-order valence-corrected chi connectivity index (χ4v) is 4.57. The molecule has 0 spiro atoms. The van der Waals surface area contributed by atoms with Crippen molar-refractivity contribution in [2.45, 2.75) is 31.6 Å². The molecule has 0 aliphatic carbocycles. The number of pyridine rings is 1. The highest BCUT2D eigenvalue weighted by atomic mass is 16.5. The molecule has 5 nitrogen and oxygen atoms in total. The van der Waals surface area contributed by atoms with Crippen LogP contribution in [0.1, 0.15) is 23.6 Å². The SMILES string of the molecule is O=c1cccc2n1C[C@H]1C[C@@H]2C[NH+](CC(O)COCc2ccccc2)C1. The fraction of sp³-hybridized carbons (Fsp3) is 0.476. The number of quaternary nitrogens is 1. The summed E-state index contributed by atoms with van der Waals surface area (Å²) in [4.78, 5) is 13.5. The summed E-state index contributed by atoms with van der Waals surface area (Å²) >= 11 is 0. The van der Waals surface area contributed by atoms with Crippen LogP contribution in [-0.4, -0.2) is 42.0 Å². The number of hydrogen-bond acceptors (Lipinski definition) is 3. The number of hydrogen-bond donors (Lipinski definition) is 2. The average Bonchev–Trinajstić information content (AvgIpc) is 2.63. The molecule has 138 valence electrons. The number of aromatic nitrogens is 1. The first-order valence-electron chi connectivity index (χ1n) is 9.52. The number of nitrogens with zero attached hydrogens (tertiary/aromatic N) is 1. The number of likely N-dealkylation sites (tertiary alicyclic amines) is 1. The number of benzene rings is 1. The van der Waals surface area contributed by atoms with Gasteiger partial charge in [0.15, 0.2) is 0 Å². The van der Waals surface area contributed by atoms with Gasteiger partial charge in [-0.25, -0.2) is 0 Å². The molecular formula is C21H27N2O3+. The summed E-state index contributed by atoms with van der Waals surface area (Å²) < 4.78 is 7.63. The van der Waals surface area contributed by atoms with Crippen LogP contribution < -0.4 is 10.5 Å². The molecule has 4 atom stereocenters. The van der Waals surface area contributed by atoms with E-state index in [2.05, 4.69) is 6.07 Å². The van der Waals surface area contributed by atoms with Gasteiger partial charge in [0.05, 0.1) is 26.3 Å². The third-order valence-electron chi connectivity index (χ3n) is 5.62. The first-order chi connectivity index (χ1) is 12.7. The van der Waals surface area contributed by atoms with Crippen LogP contribution in [0.3, 0.4) is 0 Å². The molecular weight excluding hydrogens is 328 g/mol. The first-order valence-corrected chi connectivity index (χ1v) is 9.52. The van der Waals surface area contributed by atoms with Crippen molar-refractivity contribution < 1.29 is 14.7 Å². The molecule has 1 fully saturated rings. The molecule has 1 aromatic heterocycles. The molecule has 5 heteroatoms. The molecule has 2 aliphatic rings. The lowest BCUT2D eigenvalue weighted by molar-refractivity contribution is -0.914. The molecule has 0 saturated carbocycles. The second kappa shape index (κ2) is 7.74. The Morgan fingerprint density at radius 1 is 1.15 bits per heavy atom. The van der Waals surface area contributed by atoms with Gasteiger partial charge in [-0.2, -0.15) is 0 Å². The van der Waals surface area contributed by atoms with E-state index in [1.54, 1.807) is 6.07 Å². The van der Waals surface area contributed by atoms with Crippen LogP contribution in [0, 0.1) is 5.92 Å². The fourth-order valence-electron chi connectivity index (χ4n) is 4.57. The molecule has 2 bridgehead atoms. The van der Waals surface area contributed by atoms with Crippen molar-refractivity contribution in [3.05, 3.63) is 70.1 Å². The maximum absolute atomic E-state index is 12.1. The van der Waals surface area contributed by atoms with Crippen LogP contribution in [0.5, 0.6) is 0 Å². The average molecular weight is 355 g/mol. The zero-order valence-corrected chi connectivity index (χ0v) is 15.0. The van der Waals surface area contributed by atoms with E-state index in [0.717, 1.165) is 31.6 Å². The van der Waals surface area contributed by atoms with Gasteiger partial charge in [-0.05, 0) is 18.1 Å². The third-order valence-corrected chi connectivity index (χ3v) is 5.62. The van der Waals surface area contributed by atoms with Crippen molar-refractivity contribution >= 4 is 0 Å². The van der Waals surface area contributed by atoms with Crippen molar-refractivity contribution in [3.63, 3.8) is 0 Å². The van der Waals surface area contributed by atoms with E-state index in [0.29, 0.717) is 31.6 Å². The number of piperidine rings is 1.